The van der Waals surface area contributed by atoms with Crippen LogP contribution in [0.2, 0.25) is 0 Å². The van der Waals surface area contributed by atoms with Gasteiger partial charge in [0.25, 0.3) is 0 Å². The molecule has 0 aromatic heterocycles. The molecule has 0 heterocycles. The molecule has 0 spiro atoms. The highest BCUT2D eigenvalue weighted by Gasteiger charge is 2.56. The van der Waals surface area contributed by atoms with Gasteiger partial charge in [0.2, 0.25) is 0 Å². The summed E-state index contributed by atoms with van der Waals surface area (Å²) >= 11 is 0. The summed E-state index contributed by atoms with van der Waals surface area (Å²) < 4.78 is 0. The van der Waals surface area contributed by atoms with Crippen LogP contribution in [0.4, 0.5) is 0 Å². The lowest BCUT2D eigenvalue weighted by atomic mass is 9.53. The van der Waals surface area contributed by atoms with Gasteiger partial charge < -0.3 is 0 Å². The molecule has 10 aliphatic rings. The molecular weight excluding hydrogens is 613 g/mol. The third-order valence-electron chi connectivity index (χ3n) is 21.0. The molecule has 0 nitrogen and oxygen atoms in total. The lowest BCUT2D eigenvalue weighted by Crippen LogP contribution is -2.44. The second-order valence-electron chi connectivity index (χ2n) is 23.0. The third-order valence-corrected chi connectivity index (χ3v) is 21.0. The molecule has 0 aliphatic heterocycles. The van der Waals surface area contributed by atoms with E-state index in [1.54, 1.807) is 205 Å². The smallest absolute Gasteiger partial charge is 0.0349 e. The Morgan fingerprint density at radius 2 is 0.392 bits per heavy atom. The Labute approximate surface area is 317 Å². The molecule has 0 aromatic carbocycles. The van der Waals surface area contributed by atoms with Gasteiger partial charge in [0, 0.05) is 0 Å². The van der Waals surface area contributed by atoms with Crippen molar-refractivity contribution in [2.75, 3.05) is 0 Å². The molecule has 10 saturated carbocycles. The fourth-order valence-electron chi connectivity index (χ4n) is 18.6. The van der Waals surface area contributed by atoms with E-state index in [4.69, 9.17) is 0 Å². The molecule has 51 heavy (non-hydrogen) atoms. The average Bonchev–Trinajstić information content (AvgIpc) is 3.57. The van der Waals surface area contributed by atoms with Crippen LogP contribution in [0.3, 0.4) is 0 Å². The quantitative estimate of drug-likeness (QED) is 0.268. The molecule has 0 saturated heterocycles. The molecule has 0 N–H and O–H groups in total. The van der Waals surface area contributed by atoms with Crippen LogP contribution >= 0.6 is 0 Å². The molecule has 0 bridgehead atoms. The van der Waals surface area contributed by atoms with E-state index in [-0.39, 0.29) is 0 Å². The summed E-state index contributed by atoms with van der Waals surface area (Å²) in [5.41, 5.74) is 0. The van der Waals surface area contributed by atoms with Crippen molar-refractivity contribution in [3.8, 4) is 0 Å². The first kappa shape index (κ1) is 35.4. The van der Waals surface area contributed by atoms with E-state index in [0.29, 0.717) is 0 Å². The lowest BCUT2D eigenvalue weighted by Gasteiger charge is -2.53. The van der Waals surface area contributed by atoms with Crippen molar-refractivity contribution >= 4 is 0 Å². The molecule has 288 valence electrons. The van der Waals surface area contributed by atoms with Crippen molar-refractivity contribution < 1.29 is 0 Å². The highest BCUT2D eigenvalue weighted by Crippen LogP contribution is 2.65. The van der Waals surface area contributed by atoms with Crippen LogP contribution in [-0.4, -0.2) is 0 Å². The summed E-state index contributed by atoms with van der Waals surface area (Å²) in [5.74, 6) is 20.2. The van der Waals surface area contributed by atoms with E-state index in [1.165, 1.54) is 6.42 Å². The van der Waals surface area contributed by atoms with Gasteiger partial charge in [-0.15, -0.1) is 0 Å². The van der Waals surface area contributed by atoms with Gasteiger partial charge >= 0.3 is 0 Å². The van der Waals surface area contributed by atoms with Crippen molar-refractivity contribution in [3.05, 3.63) is 0 Å². The van der Waals surface area contributed by atoms with Crippen molar-refractivity contribution in [3.63, 3.8) is 0 Å². The average molecular weight is 697 g/mol. The van der Waals surface area contributed by atoms with Crippen molar-refractivity contribution in [2.24, 2.45) is 107 Å². The zero-order valence-corrected chi connectivity index (χ0v) is 33.7. The van der Waals surface area contributed by atoms with Crippen molar-refractivity contribution in [2.45, 2.75) is 212 Å². The van der Waals surface area contributed by atoms with E-state index < -0.39 is 0 Å². The van der Waals surface area contributed by atoms with Crippen LogP contribution in [0.1, 0.15) is 212 Å². The molecule has 0 aromatic rings. The molecule has 10 rings (SSSR count). The second kappa shape index (κ2) is 15.9. The van der Waals surface area contributed by atoms with Crippen molar-refractivity contribution in [1.29, 1.82) is 0 Å². The maximum Gasteiger partial charge on any atom is -0.0349 e. The minimum Gasteiger partial charge on any atom is -0.0533 e. The van der Waals surface area contributed by atoms with E-state index >= 15 is 0 Å². The Hall–Kier alpha value is 0. The zero-order valence-electron chi connectivity index (χ0n) is 33.7. The fraction of sp³-hybridized carbons (Fsp3) is 1.00. The molecule has 16 unspecified atom stereocenters. The monoisotopic (exact) mass is 697 g/mol. The van der Waals surface area contributed by atoms with Crippen LogP contribution in [-0.2, 0) is 0 Å². The molecule has 10 aliphatic carbocycles. The van der Waals surface area contributed by atoms with Gasteiger partial charge in [-0.25, -0.2) is 0 Å². The Morgan fingerprint density at radius 1 is 0.137 bits per heavy atom. The number of hydrogen-bond acceptors (Lipinski definition) is 0. The van der Waals surface area contributed by atoms with Gasteiger partial charge in [-0.1, -0.05) is 135 Å². The molecule has 10 fully saturated rings. The summed E-state index contributed by atoms with van der Waals surface area (Å²) in [7, 11) is 0. The highest BCUT2D eigenvalue weighted by atomic mass is 14.6. The Bertz CT molecular complexity index is 1110. The van der Waals surface area contributed by atoms with Crippen LogP contribution < -0.4 is 0 Å². The second-order valence-corrected chi connectivity index (χ2v) is 23.0. The molecule has 0 radical (unpaired) electrons. The third kappa shape index (κ3) is 7.37. The first-order valence-corrected chi connectivity index (χ1v) is 25.2. The van der Waals surface area contributed by atoms with Gasteiger partial charge in [-0.2, -0.15) is 0 Å². The van der Waals surface area contributed by atoms with E-state index in [0.717, 1.165) is 107 Å². The SMILES string of the molecule is C1CCC(C2CCCC(C3CC(C4CC(C5CCCCC5)CC(C5CCC6CCCCC6C5)C4)C4CC5CC6CCCCC6CC5C4C3)C2)CC1. The van der Waals surface area contributed by atoms with E-state index in [9.17, 15) is 0 Å². The highest BCUT2D eigenvalue weighted by molar-refractivity contribution is 5.05. The zero-order chi connectivity index (χ0) is 33.7. The molecule has 0 heteroatoms. The standard InChI is InChI=1S/C51H84/c1-3-12-34(13-4-1)38-20-11-21-40(24-38)45-31-49(51-33-47-26-39-18-9-10-19-41(39)30-48(47)50(51)32-45)46-28-43(35-14-5-2-6-15-35)27-44(29-46)42-23-22-36-16-7-8-17-37(36)25-42/h34-51H,1-33H2. The first-order chi connectivity index (χ1) is 25.2. The Morgan fingerprint density at radius 3 is 1.02 bits per heavy atom. The topological polar surface area (TPSA) is 0 Å². The van der Waals surface area contributed by atoms with Crippen LogP contribution in [0.15, 0.2) is 0 Å². The van der Waals surface area contributed by atoms with Crippen molar-refractivity contribution in [1.82, 2.24) is 0 Å². The summed E-state index contributed by atoms with van der Waals surface area (Å²) in [4.78, 5) is 0. The van der Waals surface area contributed by atoms with Gasteiger partial charge in [0.1, 0.15) is 0 Å². The largest absolute Gasteiger partial charge is 0.0533 e. The summed E-state index contributed by atoms with van der Waals surface area (Å²) in [6.45, 7) is 0. The minimum absolute atomic E-state index is 1.11. The molecular formula is C51H84. The Kier molecular flexibility index (Phi) is 11.0. The predicted octanol–water partition coefficient (Wildman–Crippen LogP) is 15.1. The first-order valence-electron chi connectivity index (χ1n) is 25.2. The van der Waals surface area contributed by atoms with Gasteiger partial charge in [0.05, 0.1) is 0 Å². The minimum atomic E-state index is 1.11. The maximum atomic E-state index is 1.71. The van der Waals surface area contributed by atoms with Crippen LogP contribution in [0.5, 0.6) is 0 Å². The lowest BCUT2D eigenvalue weighted by molar-refractivity contribution is -0.0289. The fourth-order valence-corrected chi connectivity index (χ4v) is 18.6. The van der Waals surface area contributed by atoms with E-state index in [2.05, 4.69) is 0 Å². The molecule has 0 amide bonds. The summed E-state index contributed by atoms with van der Waals surface area (Å²) in [5, 5.41) is 0. The Balaban J connectivity index is 0.927. The summed E-state index contributed by atoms with van der Waals surface area (Å²) in [6, 6.07) is 0. The predicted molar refractivity (Wildman–Crippen MR) is 215 cm³/mol. The summed E-state index contributed by atoms with van der Waals surface area (Å²) in [6.07, 6.45) is 53.3. The molecule has 16 atom stereocenters. The van der Waals surface area contributed by atoms with Gasteiger partial charge in [-0.3, -0.25) is 0 Å². The number of hydrogen-bond donors (Lipinski definition) is 0. The number of rotatable bonds is 5. The van der Waals surface area contributed by atoms with Gasteiger partial charge in [-0.05, 0) is 184 Å². The number of fused-ring (bicyclic) bond motifs is 5. The van der Waals surface area contributed by atoms with Crippen LogP contribution in [0, 0.1) is 107 Å². The normalized spacial score (nSPS) is 51.5. The maximum absolute atomic E-state index is 1.71. The van der Waals surface area contributed by atoms with Gasteiger partial charge in [0.15, 0.2) is 0 Å². The van der Waals surface area contributed by atoms with Crippen LogP contribution in [0.25, 0.3) is 0 Å². The van der Waals surface area contributed by atoms with E-state index in [1.807, 2.05) is 0 Å².